The molecule has 2 heterocycles. The van der Waals surface area contributed by atoms with Crippen LogP contribution < -0.4 is 0 Å². The fourth-order valence-electron chi connectivity index (χ4n) is 3.15. The van der Waals surface area contributed by atoms with Crippen LogP contribution in [-0.4, -0.2) is 25.8 Å². The highest BCUT2D eigenvalue weighted by Crippen LogP contribution is 2.35. The fraction of sp³-hybridized carbons (Fsp3) is 0.316. The Hall–Kier alpha value is -1.76. The predicted molar refractivity (Wildman–Crippen MR) is 106 cm³/mol. The van der Waals surface area contributed by atoms with Crippen molar-refractivity contribution in [1.82, 2.24) is 14.8 Å². The average molecular weight is 422 g/mol. The van der Waals surface area contributed by atoms with Gasteiger partial charge < -0.3 is 4.42 Å². The number of carbonyl (C=O) groups is 1. The lowest BCUT2D eigenvalue weighted by Crippen LogP contribution is -2.22. The molecule has 0 aliphatic heterocycles. The normalized spacial score (nSPS) is 17.4. The Labute approximate surface area is 171 Å². The largest absolute Gasteiger partial charge is 0.467 e. The van der Waals surface area contributed by atoms with Crippen LogP contribution in [0.25, 0.3) is 11.4 Å². The molecule has 1 aromatic carbocycles. The maximum Gasteiger partial charge on any atom is 0.192 e. The number of aromatic nitrogens is 3. The second kappa shape index (κ2) is 8.09. The number of hydrogen-bond acceptors (Lipinski definition) is 5. The minimum absolute atomic E-state index is 0.0770. The smallest absolute Gasteiger partial charge is 0.192 e. The number of carbonyl (C=O) groups excluding carboxylic acids is 1. The molecule has 1 aliphatic rings. The van der Waals surface area contributed by atoms with Crippen molar-refractivity contribution in [1.29, 1.82) is 0 Å². The quantitative estimate of drug-likeness (QED) is 0.544. The molecule has 5 nitrogen and oxygen atoms in total. The van der Waals surface area contributed by atoms with E-state index in [0.29, 0.717) is 34.0 Å². The van der Waals surface area contributed by atoms with E-state index in [1.807, 2.05) is 22.8 Å². The van der Waals surface area contributed by atoms with Gasteiger partial charge >= 0.3 is 0 Å². The second-order valence-electron chi connectivity index (χ2n) is 6.41. The van der Waals surface area contributed by atoms with Crippen LogP contribution in [0.3, 0.4) is 0 Å². The van der Waals surface area contributed by atoms with Gasteiger partial charge in [-0.25, -0.2) is 0 Å². The van der Waals surface area contributed by atoms with Gasteiger partial charge in [-0.1, -0.05) is 41.4 Å². The van der Waals surface area contributed by atoms with E-state index in [-0.39, 0.29) is 11.0 Å². The molecule has 1 unspecified atom stereocenters. The summed E-state index contributed by atoms with van der Waals surface area (Å²) in [6, 6.07) is 9.01. The topological polar surface area (TPSA) is 60.9 Å². The van der Waals surface area contributed by atoms with Gasteiger partial charge in [0, 0.05) is 17.0 Å². The van der Waals surface area contributed by atoms with Gasteiger partial charge in [0.05, 0.1) is 23.1 Å². The first-order valence-electron chi connectivity index (χ1n) is 8.72. The third kappa shape index (κ3) is 4.08. The molecule has 140 valence electrons. The predicted octanol–water partition coefficient (Wildman–Crippen LogP) is 5.50. The highest BCUT2D eigenvalue weighted by Gasteiger charge is 2.27. The molecule has 0 bridgehead atoms. The molecule has 1 atom stereocenters. The number of rotatable bonds is 5. The van der Waals surface area contributed by atoms with E-state index in [4.69, 9.17) is 27.6 Å². The number of ketones is 1. The van der Waals surface area contributed by atoms with Crippen molar-refractivity contribution >= 4 is 40.7 Å². The molecule has 0 amide bonds. The molecule has 0 spiro atoms. The van der Waals surface area contributed by atoms with Crippen LogP contribution >= 0.6 is 35.0 Å². The van der Waals surface area contributed by atoms with Gasteiger partial charge in [-0.05, 0) is 43.2 Å². The number of hydrogen-bond donors (Lipinski definition) is 0. The van der Waals surface area contributed by atoms with Crippen molar-refractivity contribution in [3.05, 3.63) is 52.4 Å². The molecule has 1 saturated carbocycles. The first-order chi connectivity index (χ1) is 13.1. The van der Waals surface area contributed by atoms with Crippen LogP contribution in [0.2, 0.25) is 10.0 Å². The van der Waals surface area contributed by atoms with E-state index in [1.54, 1.807) is 18.4 Å². The Bertz CT molecular complexity index is 956. The third-order valence-electron chi connectivity index (χ3n) is 4.53. The maximum absolute atomic E-state index is 12.3. The monoisotopic (exact) mass is 421 g/mol. The van der Waals surface area contributed by atoms with E-state index in [2.05, 4.69) is 10.2 Å². The second-order valence-corrected chi connectivity index (χ2v) is 8.43. The van der Waals surface area contributed by atoms with Crippen molar-refractivity contribution < 1.29 is 9.21 Å². The van der Waals surface area contributed by atoms with Gasteiger partial charge in [-0.3, -0.25) is 9.36 Å². The summed E-state index contributed by atoms with van der Waals surface area (Å²) < 4.78 is 7.45. The summed E-state index contributed by atoms with van der Waals surface area (Å²) in [5.41, 5.74) is 0.738. The summed E-state index contributed by atoms with van der Waals surface area (Å²) in [5, 5.41) is 10.4. The maximum atomic E-state index is 12.3. The number of Topliss-reactive ketones (excluding diaryl/α,β-unsaturated/α-hetero) is 1. The highest BCUT2D eigenvalue weighted by atomic mass is 35.5. The van der Waals surface area contributed by atoms with E-state index >= 15 is 0 Å². The van der Waals surface area contributed by atoms with Crippen molar-refractivity contribution in [2.45, 2.75) is 42.6 Å². The summed E-state index contributed by atoms with van der Waals surface area (Å²) in [4.78, 5) is 12.3. The zero-order chi connectivity index (χ0) is 18.8. The number of thioether (sulfide) groups is 1. The summed E-state index contributed by atoms with van der Waals surface area (Å²) in [6.45, 7) is 0.456. The van der Waals surface area contributed by atoms with Crippen LogP contribution in [0.4, 0.5) is 0 Å². The lowest BCUT2D eigenvalue weighted by molar-refractivity contribution is -0.119. The van der Waals surface area contributed by atoms with Crippen LogP contribution in [0.1, 0.15) is 31.4 Å². The first kappa shape index (κ1) is 18.6. The van der Waals surface area contributed by atoms with E-state index in [0.717, 1.165) is 30.6 Å². The number of halogens is 2. The lowest BCUT2D eigenvalue weighted by atomic mass is 9.99. The Kier molecular flexibility index (Phi) is 5.57. The minimum Gasteiger partial charge on any atom is -0.467 e. The molecule has 3 aromatic rings. The van der Waals surface area contributed by atoms with Crippen LogP contribution in [0.15, 0.2) is 46.2 Å². The molecule has 8 heteroatoms. The SMILES string of the molecule is O=C1CCCCC1Sc1nnc(-c2ccc(Cl)cc2Cl)n1Cc1ccco1. The van der Waals surface area contributed by atoms with Gasteiger partial charge in [0.1, 0.15) is 11.5 Å². The van der Waals surface area contributed by atoms with Crippen molar-refractivity contribution in [3.8, 4) is 11.4 Å². The lowest BCUT2D eigenvalue weighted by Gasteiger charge is -2.19. The van der Waals surface area contributed by atoms with Crippen molar-refractivity contribution in [3.63, 3.8) is 0 Å². The summed E-state index contributed by atoms with van der Waals surface area (Å²) >= 11 is 13.9. The molecular weight excluding hydrogens is 405 g/mol. The highest BCUT2D eigenvalue weighted by molar-refractivity contribution is 8.00. The summed E-state index contributed by atoms with van der Waals surface area (Å²) in [7, 11) is 0. The molecule has 0 saturated heterocycles. The van der Waals surface area contributed by atoms with Crippen molar-refractivity contribution in [2.75, 3.05) is 0 Å². The molecule has 4 rings (SSSR count). The van der Waals surface area contributed by atoms with E-state index < -0.39 is 0 Å². The molecule has 1 aliphatic carbocycles. The number of benzene rings is 1. The third-order valence-corrected chi connectivity index (χ3v) is 6.37. The number of furan rings is 1. The van der Waals surface area contributed by atoms with E-state index in [1.165, 1.54) is 11.8 Å². The Balaban J connectivity index is 1.72. The Morgan fingerprint density at radius 1 is 1.22 bits per heavy atom. The van der Waals surface area contributed by atoms with E-state index in [9.17, 15) is 4.79 Å². The van der Waals surface area contributed by atoms with Crippen LogP contribution in [0, 0.1) is 0 Å². The number of nitrogens with zero attached hydrogens (tertiary/aromatic N) is 3. The van der Waals surface area contributed by atoms with Crippen molar-refractivity contribution in [2.24, 2.45) is 0 Å². The molecular formula is C19H17Cl2N3O2S. The zero-order valence-corrected chi connectivity index (χ0v) is 16.7. The minimum atomic E-state index is -0.0770. The Morgan fingerprint density at radius 2 is 2.11 bits per heavy atom. The molecule has 1 fully saturated rings. The van der Waals surface area contributed by atoms with Crippen LogP contribution in [-0.2, 0) is 11.3 Å². The van der Waals surface area contributed by atoms with Gasteiger partial charge in [0.25, 0.3) is 0 Å². The van der Waals surface area contributed by atoms with Gasteiger partial charge in [0.2, 0.25) is 0 Å². The Morgan fingerprint density at radius 3 is 2.85 bits per heavy atom. The van der Waals surface area contributed by atoms with Crippen LogP contribution in [0.5, 0.6) is 0 Å². The molecule has 2 aromatic heterocycles. The molecule has 27 heavy (non-hydrogen) atoms. The average Bonchev–Trinajstić information content (AvgIpc) is 3.29. The summed E-state index contributed by atoms with van der Waals surface area (Å²) in [5.74, 6) is 1.68. The summed E-state index contributed by atoms with van der Waals surface area (Å²) in [6.07, 6.45) is 5.17. The van der Waals surface area contributed by atoms with Gasteiger partial charge in [-0.15, -0.1) is 10.2 Å². The van der Waals surface area contributed by atoms with Gasteiger partial charge in [-0.2, -0.15) is 0 Å². The zero-order valence-electron chi connectivity index (χ0n) is 14.4. The first-order valence-corrected chi connectivity index (χ1v) is 10.4. The molecule has 0 radical (unpaired) electrons. The standard InChI is InChI=1S/C19H17Cl2N3O2S/c20-12-7-8-14(15(21)10-12)18-22-23-19(24(18)11-13-4-3-9-26-13)27-17-6-2-1-5-16(17)25/h3-4,7-10,17H,1-2,5-6,11H2. The molecule has 0 N–H and O–H groups in total. The fourth-order valence-corrected chi connectivity index (χ4v) is 4.80. The van der Waals surface area contributed by atoms with Gasteiger partial charge in [0.15, 0.2) is 11.0 Å².